The number of anilines is 1. The second-order valence-corrected chi connectivity index (χ2v) is 7.27. The van der Waals surface area contributed by atoms with Crippen LogP contribution >= 0.6 is 11.3 Å². The number of amides is 2. The molecule has 1 aromatic heterocycles. The van der Waals surface area contributed by atoms with E-state index in [0.717, 1.165) is 29.7 Å². The summed E-state index contributed by atoms with van der Waals surface area (Å²) in [6.07, 6.45) is 5.17. The Bertz CT molecular complexity index is 808. The Morgan fingerprint density at radius 2 is 2.08 bits per heavy atom. The SMILES string of the molecule is CCCCc1ccc2c(c1)CCc1c-2sc(NC(C)=O)c1C(N)=O. The second kappa shape index (κ2) is 6.77. The van der Waals surface area contributed by atoms with Gasteiger partial charge in [0.2, 0.25) is 5.91 Å². The van der Waals surface area contributed by atoms with Crippen molar-refractivity contribution in [3.63, 3.8) is 0 Å². The van der Waals surface area contributed by atoms with Crippen LogP contribution in [0.3, 0.4) is 0 Å². The highest BCUT2D eigenvalue weighted by atomic mass is 32.1. The zero-order valence-corrected chi connectivity index (χ0v) is 14.9. The van der Waals surface area contributed by atoms with Crippen molar-refractivity contribution in [3.8, 4) is 10.4 Å². The number of unbranched alkanes of at least 4 members (excludes halogenated alkanes) is 1. The molecule has 0 fully saturated rings. The average Bonchev–Trinajstić information content (AvgIpc) is 2.90. The molecular formula is C19H22N2O2S. The van der Waals surface area contributed by atoms with Crippen molar-refractivity contribution in [1.29, 1.82) is 0 Å². The number of hydrogen-bond acceptors (Lipinski definition) is 3. The van der Waals surface area contributed by atoms with Crippen molar-refractivity contribution < 1.29 is 9.59 Å². The number of nitrogens with two attached hydrogens (primary N) is 1. The fourth-order valence-corrected chi connectivity index (χ4v) is 4.66. The third kappa shape index (κ3) is 3.08. The second-order valence-electron chi connectivity index (χ2n) is 6.25. The van der Waals surface area contributed by atoms with Crippen molar-refractivity contribution in [2.45, 2.75) is 46.0 Å². The highest BCUT2D eigenvalue weighted by molar-refractivity contribution is 7.20. The number of hydrogen-bond donors (Lipinski definition) is 2. The summed E-state index contributed by atoms with van der Waals surface area (Å²) >= 11 is 1.45. The lowest BCUT2D eigenvalue weighted by Crippen LogP contribution is -2.17. The summed E-state index contributed by atoms with van der Waals surface area (Å²) in [5, 5.41) is 3.33. The first-order chi connectivity index (χ1) is 11.5. The minimum Gasteiger partial charge on any atom is -0.365 e. The number of nitrogens with one attached hydrogen (secondary N) is 1. The van der Waals surface area contributed by atoms with Gasteiger partial charge in [-0.15, -0.1) is 11.3 Å². The van der Waals surface area contributed by atoms with Gasteiger partial charge in [-0.3, -0.25) is 9.59 Å². The number of primary amides is 1. The standard InChI is InChI=1S/C19H22N2O2S/c1-3-4-5-12-6-8-14-13(10-12)7-9-15-16(18(20)23)19(21-11(2)22)24-17(14)15/h6,8,10H,3-5,7,9H2,1-2H3,(H2,20,23)(H,21,22). The number of carbonyl (C=O) groups is 2. The van der Waals surface area contributed by atoms with Crippen LogP contribution in [-0.2, 0) is 24.1 Å². The number of rotatable bonds is 5. The highest BCUT2D eigenvalue weighted by Gasteiger charge is 2.27. The monoisotopic (exact) mass is 342 g/mol. The van der Waals surface area contributed by atoms with Crippen molar-refractivity contribution in [2.24, 2.45) is 5.73 Å². The van der Waals surface area contributed by atoms with E-state index in [1.165, 1.54) is 47.8 Å². The van der Waals surface area contributed by atoms with Crippen LogP contribution in [0, 0.1) is 0 Å². The van der Waals surface area contributed by atoms with E-state index in [2.05, 4.69) is 30.4 Å². The average molecular weight is 342 g/mol. The van der Waals surface area contributed by atoms with Crippen LogP contribution in [0.1, 0.15) is 53.7 Å². The van der Waals surface area contributed by atoms with Gasteiger partial charge in [0.25, 0.3) is 5.91 Å². The molecule has 1 aromatic carbocycles. The van der Waals surface area contributed by atoms with Gasteiger partial charge in [-0.1, -0.05) is 31.5 Å². The van der Waals surface area contributed by atoms with Crippen LogP contribution in [0.15, 0.2) is 18.2 Å². The number of thiophene rings is 1. The molecular weight excluding hydrogens is 320 g/mol. The first kappa shape index (κ1) is 16.7. The van der Waals surface area contributed by atoms with Crippen LogP contribution in [0.4, 0.5) is 5.00 Å². The van der Waals surface area contributed by atoms with Gasteiger partial charge in [0.15, 0.2) is 0 Å². The van der Waals surface area contributed by atoms with Gasteiger partial charge in [0.1, 0.15) is 5.00 Å². The largest absolute Gasteiger partial charge is 0.365 e. The summed E-state index contributed by atoms with van der Waals surface area (Å²) in [6, 6.07) is 6.61. The van der Waals surface area contributed by atoms with Crippen molar-refractivity contribution >= 4 is 28.2 Å². The maximum absolute atomic E-state index is 11.9. The maximum atomic E-state index is 11.9. The molecule has 1 heterocycles. The summed E-state index contributed by atoms with van der Waals surface area (Å²) in [6.45, 7) is 3.64. The van der Waals surface area contributed by atoms with Gasteiger partial charge in [-0.05, 0) is 47.9 Å². The fraction of sp³-hybridized carbons (Fsp3) is 0.368. The summed E-state index contributed by atoms with van der Waals surface area (Å²) in [7, 11) is 0. The third-order valence-electron chi connectivity index (χ3n) is 4.42. The van der Waals surface area contributed by atoms with Crippen molar-refractivity contribution in [1.82, 2.24) is 0 Å². The predicted octanol–water partition coefficient (Wildman–Crippen LogP) is 3.91. The first-order valence-corrected chi connectivity index (χ1v) is 9.18. The molecule has 1 aliphatic rings. The Morgan fingerprint density at radius 1 is 1.29 bits per heavy atom. The van der Waals surface area contributed by atoms with Crippen molar-refractivity contribution in [2.75, 3.05) is 5.32 Å². The Morgan fingerprint density at radius 3 is 2.75 bits per heavy atom. The first-order valence-electron chi connectivity index (χ1n) is 8.36. The molecule has 0 aliphatic heterocycles. The van der Waals surface area contributed by atoms with Crippen LogP contribution in [-0.4, -0.2) is 11.8 Å². The zero-order chi connectivity index (χ0) is 17.3. The molecule has 3 N–H and O–H groups in total. The van der Waals surface area contributed by atoms with E-state index in [0.29, 0.717) is 10.6 Å². The number of fused-ring (bicyclic) bond motifs is 3. The van der Waals surface area contributed by atoms with E-state index in [9.17, 15) is 9.59 Å². The highest BCUT2D eigenvalue weighted by Crippen LogP contribution is 2.45. The molecule has 4 nitrogen and oxygen atoms in total. The summed E-state index contributed by atoms with van der Waals surface area (Å²) < 4.78 is 0. The Labute approximate surface area is 146 Å². The molecule has 0 bridgehead atoms. The molecule has 0 saturated carbocycles. The van der Waals surface area contributed by atoms with E-state index in [-0.39, 0.29) is 5.91 Å². The van der Waals surface area contributed by atoms with E-state index >= 15 is 0 Å². The minimum atomic E-state index is -0.473. The Hall–Kier alpha value is -2.14. The van der Waals surface area contributed by atoms with E-state index in [4.69, 9.17) is 5.73 Å². The van der Waals surface area contributed by atoms with Crippen LogP contribution in [0.2, 0.25) is 0 Å². The number of benzene rings is 1. The van der Waals surface area contributed by atoms with E-state index in [1.807, 2.05) is 0 Å². The lowest BCUT2D eigenvalue weighted by Gasteiger charge is -2.18. The topological polar surface area (TPSA) is 72.2 Å². The lowest BCUT2D eigenvalue weighted by atomic mass is 9.87. The smallest absolute Gasteiger partial charge is 0.252 e. The molecule has 0 radical (unpaired) electrons. The van der Waals surface area contributed by atoms with E-state index < -0.39 is 5.91 Å². The molecule has 2 aromatic rings. The van der Waals surface area contributed by atoms with Gasteiger partial charge in [-0.25, -0.2) is 0 Å². The fourth-order valence-electron chi connectivity index (χ4n) is 3.30. The summed E-state index contributed by atoms with van der Waals surface area (Å²) in [5.74, 6) is -0.662. The van der Waals surface area contributed by atoms with Gasteiger partial charge in [0, 0.05) is 11.8 Å². The molecule has 5 heteroatoms. The van der Waals surface area contributed by atoms with Crippen LogP contribution < -0.4 is 11.1 Å². The number of aryl methyl sites for hydroxylation is 2. The predicted molar refractivity (Wildman–Crippen MR) is 98.6 cm³/mol. The molecule has 0 unspecified atom stereocenters. The van der Waals surface area contributed by atoms with E-state index in [1.54, 1.807) is 0 Å². The van der Waals surface area contributed by atoms with Gasteiger partial charge in [0.05, 0.1) is 5.56 Å². The molecule has 3 rings (SSSR count). The van der Waals surface area contributed by atoms with Gasteiger partial charge in [-0.2, -0.15) is 0 Å². The summed E-state index contributed by atoms with van der Waals surface area (Å²) in [4.78, 5) is 24.4. The molecule has 1 aliphatic carbocycles. The normalized spacial score (nSPS) is 12.4. The molecule has 2 amide bonds. The quantitative estimate of drug-likeness (QED) is 0.864. The van der Waals surface area contributed by atoms with Crippen molar-refractivity contribution in [3.05, 3.63) is 40.5 Å². The molecule has 0 saturated heterocycles. The van der Waals surface area contributed by atoms with Crippen LogP contribution in [0.5, 0.6) is 0 Å². The third-order valence-corrected chi connectivity index (χ3v) is 5.60. The molecule has 24 heavy (non-hydrogen) atoms. The minimum absolute atomic E-state index is 0.189. The molecule has 126 valence electrons. The maximum Gasteiger partial charge on any atom is 0.252 e. The number of carbonyl (C=O) groups excluding carboxylic acids is 2. The zero-order valence-electron chi connectivity index (χ0n) is 14.1. The summed E-state index contributed by atoms with van der Waals surface area (Å²) in [5.41, 5.74) is 10.9. The van der Waals surface area contributed by atoms with Gasteiger partial charge >= 0.3 is 0 Å². The Kier molecular flexibility index (Phi) is 4.71. The molecule has 0 spiro atoms. The Balaban J connectivity index is 2.05. The molecule has 0 atom stereocenters. The lowest BCUT2D eigenvalue weighted by molar-refractivity contribution is -0.114. The van der Waals surface area contributed by atoms with Gasteiger partial charge < -0.3 is 11.1 Å². The van der Waals surface area contributed by atoms with Crippen LogP contribution in [0.25, 0.3) is 10.4 Å².